The Morgan fingerprint density at radius 3 is 2.41 bits per heavy atom. The van der Waals surface area contributed by atoms with Crippen molar-refractivity contribution in [2.45, 2.75) is 6.92 Å². The van der Waals surface area contributed by atoms with E-state index in [-0.39, 0.29) is 11.5 Å². The molecule has 0 fully saturated rings. The molecule has 0 bridgehead atoms. The second kappa shape index (κ2) is 6.80. The highest BCUT2D eigenvalue weighted by atomic mass is 16.5. The van der Waals surface area contributed by atoms with E-state index in [1.807, 2.05) is 48.5 Å². The molecule has 2 N–H and O–H groups in total. The first-order valence-corrected chi connectivity index (χ1v) is 8.24. The van der Waals surface area contributed by atoms with Gasteiger partial charge in [0.25, 0.3) is 0 Å². The molecule has 0 saturated carbocycles. The zero-order valence-corrected chi connectivity index (χ0v) is 14.4. The Balaban J connectivity index is 1.45. The Morgan fingerprint density at radius 1 is 0.926 bits per heavy atom. The summed E-state index contributed by atoms with van der Waals surface area (Å²) < 4.78 is 10.6. The molecular formula is C20H15N3O4. The first-order chi connectivity index (χ1) is 13.1. The van der Waals surface area contributed by atoms with Crippen LogP contribution in [0.5, 0.6) is 0 Å². The van der Waals surface area contributed by atoms with Crippen LogP contribution in [0.3, 0.4) is 0 Å². The summed E-state index contributed by atoms with van der Waals surface area (Å²) in [6.07, 6.45) is 0. The zero-order valence-electron chi connectivity index (χ0n) is 14.4. The minimum atomic E-state index is -0.619. The third-order valence-electron chi connectivity index (χ3n) is 4.14. The van der Waals surface area contributed by atoms with E-state index in [2.05, 4.69) is 16.0 Å². The van der Waals surface area contributed by atoms with Crippen LogP contribution in [0.2, 0.25) is 0 Å². The van der Waals surface area contributed by atoms with Gasteiger partial charge in [0.05, 0.1) is 0 Å². The van der Waals surface area contributed by atoms with E-state index in [9.17, 15) is 9.59 Å². The van der Waals surface area contributed by atoms with Crippen LogP contribution in [-0.2, 0) is 0 Å². The number of rotatable bonds is 3. The Labute approximate surface area is 153 Å². The van der Waals surface area contributed by atoms with Crippen molar-refractivity contribution in [2.24, 2.45) is 0 Å². The number of hydrogen-bond acceptors (Lipinski definition) is 5. The highest BCUT2D eigenvalue weighted by Gasteiger charge is 2.19. The molecule has 0 atom stereocenters. The Hall–Kier alpha value is -3.87. The lowest BCUT2D eigenvalue weighted by Crippen LogP contribution is -2.41. The van der Waals surface area contributed by atoms with Gasteiger partial charge in [-0.1, -0.05) is 53.7 Å². The average molecular weight is 361 g/mol. The van der Waals surface area contributed by atoms with Crippen molar-refractivity contribution in [3.8, 4) is 11.3 Å². The zero-order chi connectivity index (χ0) is 18.8. The molecule has 4 aromatic rings. The second-order valence-electron chi connectivity index (χ2n) is 5.90. The molecule has 0 unspecified atom stereocenters. The first kappa shape index (κ1) is 16.6. The summed E-state index contributed by atoms with van der Waals surface area (Å²) in [4.78, 5) is 24.5. The van der Waals surface area contributed by atoms with Crippen LogP contribution in [0, 0.1) is 6.92 Å². The van der Waals surface area contributed by atoms with Crippen LogP contribution in [0.15, 0.2) is 69.6 Å². The van der Waals surface area contributed by atoms with Crippen molar-refractivity contribution in [1.29, 1.82) is 0 Å². The Bertz CT molecular complexity index is 1130. The van der Waals surface area contributed by atoms with Crippen molar-refractivity contribution in [3.05, 3.63) is 77.7 Å². The van der Waals surface area contributed by atoms with E-state index in [1.165, 1.54) is 6.07 Å². The summed E-state index contributed by atoms with van der Waals surface area (Å²) in [6.45, 7) is 1.78. The van der Waals surface area contributed by atoms with E-state index in [1.54, 1.807) is 13.0 Å². The molecule has 2 aromatic heterocycles. The Morgan fingerprint density at radius 2 is 1.63 bits per heavy atom. The average Bonchev–Trinajstić information content (AvgIpc) is 3.32. The molecule has 0 radical (unpaired) electrons. The van der Waals surface area contributed by atoms with Gasteiger partial charge in [-0.25, -0.2) is 0 Å². The molecule has 0 aliphatic carbocycles. The lowest BCUT2D eigenvalue weighted by atomic mass is 10.1. The normalized spacial score (nSPS) is 10.7. The number of fused-ring (bicyclic) bond motifs is 1. The lowest BCUT2D eigenvalue weighted by Gasteiger charge is -2.03. The molecule has 0 aliphatic heterocycles. The molecule has 2 heterocycles. The number of aryl methyl sites for hydroxylation is 1. The fourth-order valence-electron chi connectivity index (χ4n) is 2.75. The van der Waals surface area contributed by atoms with E-state index in [0.717, 1.165) is 10.9 Å². The molecule has 134 valence electrons. The van der Waals surface area contributed by atoms with E-state index in [0.29, 0.717) is 16.8 Å². The number of nitrogens with zero attached hydrogens (tertiary/aromatic N) is 1. The second-order valence-corrected chi connectivity index (χ2v) is 5.90. The summed E-state index contributed by atoms with van der Waals surface area (Å²) in [5.74, 6) is -1.05. The SMILES string of the molecule is Cc1c(C(=O)NNC(=O)c2cc(-c3ccccc3)no2)oc2ccccc12. The fourth-order valence-corrected chi connectivity index (χ4v) is 2.75. The number of amides is 2. The van der Waals surface area contributed by atoms with Crippen LogP contribution in [0.4, 0.5) is 0 Å². The van der Waals surface area contributed by atoms with Crippen molar-refractivity contribution in [2.75, 3.05) is 0 Å². The van der Waals surface area contributed by atoms with Crippen molar-refractivity contribution >= 4 is 22.8 Å². The van der Waals surface area contributed by atoms with Gasteiger partial charge in [-0.2, -0.15) is 0 Å². The molecule has 7 heteroatoms. The van der Waals surface area contributed by atoms with Gasteiger partial charge in [0.2, 0.25) is 5.76 Å². The summed E-state index contributed by atoms with van der Waals surface area (Å²) in [7, 11) is 0. The minimum Gasteiger partial charge on any atom is -0.451 e. The smallest absolute Gasteiger partial charge is 0.308 e. The largest absolute Gasteiger partial charge is 0.451 e. The van der Waals surface area contributed by atoms with Crippen LogP contribution in [0.1, 0.15) is 26.7 Å². The van der Waals surface area contributed by atoms with Crippen molar-refractivity contribution in [1.82, 2.24) is 16.0 Å². The van der Waals surface area contributed by atoms with E-state index in [4.69, 9.17) is 8.94 Å². The number of aromatic nitrogens is 1. The molecule has 0 spiro atoms. The Kier molecular flexibility index (Phi) is 4.18. The number of benzene rings is 2. The number of furan rings is 1. The maximum absolute atomic E-state index is 12.3. The number of hydrogen-bond donors (Lipinski definition) is 2. The van der Waals surface area contributed by atoms with Crippen molar-refractivity contribution in [3.63, 3.8) is 0 Å². The number of carbonyl (C=O) groups is 2. The standard InChI is InChI=1S/C20H15N3O4/c1-12-14-9-5-6-10-16(14)26-18(12)20(25)22-21-19(24)17-11-15(23-27-17)13-7-3-2-4-8-13/h2-11H,1H3,(H,21,24)(H,22,25). The third kappa shape index (κ3) is 3.18. The molecule has 2 aromatic carbocycles. The maximum Gasteiger partial charge on any atom is 0.308 e. The molecule has 0 aliphatic rings. The predicted octanol–water partition coefficient (Wildman–Crippen LogP) is 3.47. The van der Waals surface area contributed by atoms with Gasteiger partial charge >= 0.3 is 11.8 Å². The van der Waals surface area contributed by atoms with Gasteiger partial charge in [0, 0.05) is 22.6 Å². The van der Waals surface area contributed by atoms with Gasteiger partial charge in [0.15, 0.2) is 5.76 Å². The predicted molar refractivity (Wildman–Crippen MR) is 97.8 cm³/mol. The van der Waals surface area contributed by atoms with Crippen molar-refractivity contribution < 1.29 is 18.5 Å². The number of hydrazine groups is 1. The number of carbonyl (C=O) groups excluding carboxylic acids is 2. The van der Waals surface area contributed by atoms with Crippen LogP contribution in [-0.4, -0.2) is 17.0 Å². The molecule has 27 heavy (non-hydrogen) atoms. The quantitative estimate of drug-likeness (QED) is 0.545. The van der Waals surface area contributed by atoms with Gasteiger partial charge < -0.3 is 8.94 Å². The highest BCUT2D eigenvalue weighted by molar-refractivity contribution is 6.00. The minimum absolute atomic E-state index is 0.0181. The van der Waals surface area contributed by atoms with Crippen LogP contribution in [0.25, 0.3) is 22.2 Å². The fraction of sp³-hybridized carbons (Fsp3) is 0.0500. The summed E-state index contributed by atoms with van der Waals surface area (Å²) in [5.41, 5.74) is 7.28. The molecule has 0 saturated heterocycles. The van der Waals surface area contributed by atoms with Gasteiger partial charge in [-0.3, -0.25) is 20.4 Å². The van der Waals surface area contributed by atoms with Gasteiger partial charge in [0.1, 0.15) is 11.3 Å². The highest BCUT2D eigenvalue weighted by Crippen LogP contribution is 2.24. The maximum atomic E-state index is 12.3. The van der Waals surface area contributed by atoms with E-state index < -0.39 is 11.8 Å². The summed E-state index contributed by atoms with van der Waals surface area (Å²) in [5, 5.41) is 4.71. The molecular weight excluding hydrogens is 346 g/mol. The molecule has 4 rings (SSSR count). The summed E-state index contributed by atoms with van der Waals surface area (Å²) >= 11 is 0. The topological polar surface area (TPSA) is 97.4 Å². The lowest BCUT2D eigenvalue weighted by molar-refractivity contribution is 0.0812. The number of nitrogens with one attached hydrogen (secondary N) is 2. The van der Waals surface area contributed by atoms with Gasteiger partial charge in [-0.15, -0.1) is 0 Å². The van der Waals surface area contributed by atoms with Crippen LogP contribution >= 0.6 is 0 Å². The van der Waals surface area contributed by atoms with Gasteiger partial charge in [-0.05, 0) is 13.0 Å². The third-order valence-corrected chi connectivity index (χ3v) is 4.14. The van der Waals surface area contributed by atoms with E-state index >= 15 is 0 Å². The first-order valence-electron chi connectivity index (χ1n) is 8.24. The monoisotopic (exact) mass is 361 g/mol. The molecule has 7 nitrogen and oxygen atoms in total. The number of para-hydroxylation sites is 1. The van der Waals surface area contributed by atoms with Crippen LogP contribution < -0.4 is 10.9 Å². The summed E-state index contributed by atoms with van der Waals surface area (Å²) in [6, 6.07) is 18.1. The molecule has 2 amide bonds.